The van der Waals surface area contributed by atoms with Crippen LogP contribution in [0.4, 0.5) is 0 Å². The number of nitrogens with zero attached hydrogens (tertiary/aromatic N) is 1. The number of piperidine rings is 1. The van der Waals surface area contributed by atoms with Crippen molar-refractivity contribution in [2.24, 2.45) is 0 Å². The Labute approximate surface area is 167 Å². The highest BCUT2D eigenvalue weighted by Gasteiger charge is 2.21. The summed E-state index contributed by atoms with van der Waals surface area (Å²) in [7, 11) is -3.48. The second kappa shape index (κ2) is 8.43. The number of benzene rings is 3. The molecule has 1 N–H and O–H groups in total. The number of nitrogens with one attached hydrogen (secondary N) is 1. The Morgan fingerprint density at radius 1 is 0.857 bits per heavy atom. The summed E-state index contributed by atoms with van der Waals surface area (Å²) in [5.74, 6) is 0.617. The van der Waals surface area contributed by atoms with Crippen LogP contribution in [0.15, 0.2) is 77.7 Å². The molecule has 0 aromatic heterocycles. The van der Waals surface area contributed by atoms with Crippen molar-refractivity contribution in [3.63, 3.8) is 0 Å². The third kappa shape index (κ3) is 4.43. The first kappa shape index (κ1) is 19.1. The molecule has 146 valence electrons. The fraction of sp³-hybridized carbons (Fsp3) is 0.304. The Balaban J connectivity index is 1.29. The van der Waals surface area contributed by atoms with Gasteiger partial charge in [0.05, 0.1) is 4.90 Å². The van der Waals surface area contributed by atoms with E-state index in [-0.39, 0.29) is 0 Å². The summed E-state index contributed by atoms with van der Waals surface area (Å²) >= 11 is 0. The Kier molecular flexibility index (Phi) is 5.76. The fourth-order valence-corrected chi connectivity index (χ4v) is 5.03. The largest absolute Gasteiger partial charge is 0.302 e. The summed E-state index contributed by atoms with van der Waals surface area (Å²) in [4.78, 5) is 2.68. The summed E-state index contributed by atoms with van der Waals surface area (Å²) in [6.45, 7) is 3.20. The lowest BCUT2D eigenvalue weighted by Gasteiger charge is -2.32. The van der Waals surface area contributed by atoms with E-state index in [9.17, 15) is 8.42 Å². The minimum atomic E-state index is -3.48. The highest BCUT2D eigenvalue weighted by Crippen LogP contribution is 2.27. The molecule has 1 aliphatic rings. The molecule has 1 saturated heterocycles. The standard InChI is InChI=1S/C23H26N2O2S/c26-28(27,23-11-10-20-8-4-5-9-22(20)18-23)24-14-17-25-15-12-21(13-16-25)19-6-2-1-3-7-19/h1-11,18,21,24H,12-17H2. The van der Waals surface area contributed by atoms with Crippen LogP contribution in [-0.2, 0) is 10.0 Å². The smallest absolute Gasteiger partial charge is 0.240 e. The number of fused-ring (bicyclic) bond motifs is 1. The third-order valence-electron chi connectivity index (χ3n) is 5.61. The summed E-state index contributed by atoms with van der Waals surface area (Å²) in [6.07, 6.45) is 2.25. The maximum absolute atomic E-state index is 12.6. The van der Waals surface area contributed by atoms with Gasteiger partial charge in [-0.3, -0.25) is 0 Å². The molecule has 1 heterocycles. The van der Waals surface area contributed by atoms with Crippen molar-refractivity contribution in [3.8, 4) is 0 Å². The quantitative estimate of drug-likeness (QED) is 0.688. The van der Waals surface area contributed by atoms with Crippen LogP contribution in [0.2, 0.25) is 0 Å². The average molecular weight is 395 g/mol. The van der Waals surface area contributed by atoms with E-state index < -0.39 is 10.0 Å². The molecule has 4 nitrogen and oxygen atoms in total. The minimum absolute atomic E-state index is 0.328. The van der Waals surface area contributed by atoms with Gasteiger partial charge in [-0.25, -0.2) is 13.1 Å². The highest BCUT2D eigenvalue weighted by molar-refractivity contribution is 7.89. The van der Waals surface area contributed by atoms with E-state index in [4.69, 9.17) is 0 Å². The summed E-state index contributed by atoms with van der Waals surface area (Å²) in [5, 5.41) is 1.98. The van der Waals surface area contributed by atoms with E-state index in [1.165, 1.54) is 5.56 Å². The van der Waals surface area contributed by atoms with Crippen LogP contribution in [0.25, 0.3) is 10.8 Å². The van der Waals surface area contributed by atoms with E-state index >= 15 is 0 Å². The van der Waals surface area contributed by atoms with Crippen LogP contribution in [0.5, 0.6) is 0 Å². The first-order valence-corrected chi connectivity index (χ1v) is 11.4. The molecule has 0 spiro atoms. The molecule has 0 atom stereocenters. The van der Waals surface area contributed by atoms with E-state index in [0.29, 0.717) is 17.4 Å². The zero-order valence-electron chi connectivity index (χ0n) is 15.9. The Bertz CT molecular complexity index is 1030. The molecule has 3 aromatic carbocycles. The van der Waals surface area contributed by atoms with Gasteiger partial charge in [-0.05, 0) is 60.3 Å². The van der Waals surface area contributed by atoms with E-state index in [2.05, 4.69) is 40.0 Å². The van der Waals surface area contributed by atoms with Crippen LogP contribution in [-0.4, -0.2) is 39.5 Å². The van der Waals surface area contributed by atoms with Crippen molar-refractivity contribution < 1.29 is 8.42 Å². The predicted octanol–water partition coefficient (Wildman–Crippen LogP) is 4.00. The number of likely N-dealkylation sites (tertiary alicyclic amines) is 1. The number of rotatable bonds is 6. The van der Waals surface area contributed by atoms with Gasteiger partial charge in [0.1, 0.15) is 0 Å². The summed E-state index contributed by atoms with van der Waals surface area (Å²) in [6, 6.07) is 23.7. The second-order valence-electron chi connectivity index (χ2n) is 7.43. The van der Waals surface area contributed by atoms with Crippen molar-refractivity contribution in [1.29, 1.82) is 0 Å². The van der Waals surface area contributed by atoms with Gasteiger partial charge in [-0.2, -0.15) is 0 Å². The van der Waals surface area contributed by atoms with Gasteiger partial charge in [-0.15, -0.1) is 0 Å². The minimum Gasteiger partial charge on any atom is -0.302 e. The fourth-order valence-electron chi connectivity index (χ4n) is 3.97. The molecule has 28 heavy (non-hydrogen) atoms. The van der Waals surface area contributed by atoms with Gasteiger partial charge >= 0.3 is 0 Å². The zero-order valence-corrected chi connectivity index (χ0v) is 16.7. The molecule has 4 rings (SSSR count). The Morgan fingerprint density at radius 3 is 2.29 bits per heavy atom. The van der Waals surface area contributed by atoms with Gasteiger partial charge in [0.25, 0.3) is 0 Å². The lowest BCUT2D eigenvalue weighted by molar-refractivity contribution is 0.216. The molecule has 1 aliphatic heterocycles. The van der Waals surface area contributed by atoms with Crippen LogP contribution in [0.1, 0.15) is 24.3 Å². The molecule has 0 radical (unpaired) electrons. The molecular formula is C23H26N2O2S. The van der Waals surface area contributed by atoms with Crippen LogP contribution >= 0.6 is 0 Å². The molecule has 3 aromatic rings. The van der Waals surface area contributed by atoms with Crippen molar-refractivity contribution in [3.05, 3.63) is 78.4 Å². The highest BCUT2D eigenvalue weighted by atomic mass is 32.2. The third-order valence-corrected chi connectivity index (χ3v) is 7.07. The normalized spacial score (nSPS) is 16.4. The lowest BCUT2D eigenvalue weighted by atomic mass is 9.89. The maximum Gasteiger partial charge on any atom is 0.240 e. The van der Waals surface area contributed by atoms with Crippen molar-refractivity contribution in [2.75, 3.05) is 26.2 Å². The van der Waals surface area contributed by atoms with Crippen LogP contribution < -0.4 is 4.72 Å². The van der Waals surface area contributed by atoms with Crippen molar-refractivity contribution >= 4 is 20.8 Å². The zero-order chi connectivity index (χ0) is 19.4. The second-order valence-corrected chi connectivity index (χ2v) is 9.20. The summed E-state index contributed by atoms with van der Waals surface area (Å²) in [5.41, 5.74) is 1.42. The van der Waals surface area contributed by atoms with Gasteiger partial charge in [0, 0.05) is 13.1 Å². The average Bonchev–Trinajstić information content (AvgIpc) is 2.74. The van der Waals surface area contributed by atoms with E-state index in [1.807, 2.05) is 30.3 Å². The van der Waals surface area contributed by atoms with E-state index in [0.717, 1.165) is 43.2 Å². The molecular weight excluding hydrogens is 368 g/mol. The molecule has 0 amide bonds. The Morgan fingerprint density at radius 2 is 1.54 bits per heavy atom. The molecule has 0 unspecified atom stereocenters. The van der Waals surface area contributed by atoms with Crippen LogP contribution in [0.3, 0.4) is 0 Å². The Hall–Kier alpha value is -2.21. The maximum atomic E-state index is 12.6. The van der Waals surface area contributed by atoms with Gasteiger partial charge < -0.3 is 4.90 Å². The van der Waals surface area contributed by atoms with Gasteiger partial charge in [0.2, 0.25) is 10.0 Å². The summed E-state index contributed by atoms with van der Waals surface area (Å²) < 4.78 is 28.0. The van der Waals surface area contributed by atoms with Crippen molar-refractivity contribution in [1.82, 2.24) is 9.62 Å². The van der Waals surface area contributed by atoms with Gasteiger partial charge in [-0.1, -0.05) is 60.7 Å². The molecule has 1 fully saturated rings. The van der Waals surface area contributed by atoms with Crippen molar-refractivity contribution in [2.45, 2.75) is 23.7 Å². The molecule has 0 saturated carbocycles. The number of hydrogen-bond acceptors (Lipinski definition) is 3. The van der Waals surface area contributed by atoms with Crippen LogP contribution in [0, 0.1) is 0 Å². The molecule has 0 aliphatic carbocycles. The first-order valence-electron chi connectivity index (χ1n) is 9.88. The van der Waals surface area contributed by atoms with E-state index in [1.54, 1.807) is 12.1 Å². The first-order chi connectivity index (χ1) is 13.6. The lowest BCUT2D eigenvalue weighted by Crippen LogP contribution is -2.39. The molecule has 5 heteroatoms. The number of hydrogen-bond donors (Lipinski definition) is 1. The topological polar surface area (TPSA) is 49.4 Å². The molecule has 0 bridgehead atoms. The predicted molar refractivity (Wildman–Crippen MR) is 114 cm³/mol. The SMILES string of the molecule is O=S(=O)(NCCN1CCC(c2ccccc2)CC1)c1ccc2ccccc2c1. The number of sulfonamides is 1. The van der Waals surface area contributed by atoms with Gasteiger partial charge in [0.15, 0.2) is 0 Å². The monoisotopic (exact) mass is 394 g/mol.